The first-order chi connectivity index (χ1) is 19.0. The molecule has 1 aromatic heterocycles. The van der Waals surface area contributed by atoms with Crippen LogP contribution in [0.3, 0.4) is 0 Å². The number of ether oxygens (including phenoxy) is 2. The third-order valence-electron chi connectivity index (χ3n) is 6.53. The van der Waals surface area contributed by atoms with E-state index in [4.69, 9.17) is 9.47 Å². The number of nitrogens with one attached hydrogen (secondary N) is 1. The van der Waals surface area contributed by atoms with Gasteiger partial charge in [0.25, 0.3) is 0 Å². The molecule has 1 N–H and O–H groups in total. The number of hydroxylamine groups is 3. The molecule has 1 aliphatic heterocycles. The number of aromatic nitrogens is 3. The molecule has 3 atom stereocenters. The summed E-state index contributed by atoms with van der Waals surface area (Å²) in [6.45, 7) is 1.91. The number of morpholine rings is 1. The minimum Gasteiger partial charge on any atom is -0.633 e. The van der Waals surface area contributed by atoms with Crippen LogP contribution >= 0.6 is 0 Å². The Morgan fingerprint density at radius 3 is 2.17 bits per heavy atom. The first-order valence-corrected chi connectivity index (χ1v) is 12.5. The third kappa shape index (κ3) is 7.80. The Hall–Kier alpha value is -3.11. The van der Waals surface area contributed by atoms with Crippen LogP contribution in [0.15, 0.2) is 42.5 Å². The second-order valence-corrected chi connectivity index (χ2v) is 10.3. The van der Waals surface area contributed by atoms with Crippen molar-refractivity contribution in [2.45, 2.75) is 50.8 Å². The first kappa shape index (κ1) is 30.8. The second kappa shape index (κ2) is 11.6. The van der Waals surface area contributed by atoms with Crippen LogP contribution < -0.4 is 0 Å². The van der Waals surface area contributed by atoms with Crippen molar-refractivity contribution in [1.29, 1.82) is 0 Å². The van der Waals surface area contributed by atoms with Crippen LogP contribution in [0.25, 0.3) is 0 Å². The van der Waals surface area contributed by atoms with Gasteiger partial charge in [0.05, 0.1) is 44.0 Å². The molecule has 0 aliphatic carbocycles. The number of aromatic amines is 1. The SMILES string of the molecule is C[C@@H](O[C@H]1OCCN(Cc2n[nH]nc2C[N+](C)(C)[O-])[C@H]1c1ccc(F)cc1)c1cc(C(F)(F)F)cc(C(F)(F)F)c1. The predicted molar refractivity (Wildman–Crippen MR) is 131 cm³/mol. The fourth-order valence-corrected chi connectivity index (χ4v) is 4.58. The van der Waals surface area contributed by atoms with Gasteiger partial charge in [0.2, 0.25) is 0 Å². The standard InChI is InChI=1S/C26H28F7N5O3/c1-15(17-10-18(25(28,29)30)12-19(11-17)26(31,32)33)41-24-23(16-4-6-20(27)7-5-16)37(8-9-40-24)13-21-22(35-36-34-21)14-38(2,3)39/h4-7,10-12,15,23-24H,8-9,13-14H2,1-3H3,(H,34,35,36)/t15-,23+,24-/m1/s1. The molecule has 0 unspecified atom stereocenters. The van der Waals surface area contributed by atoms with Gasteiger partial charge in [-0.1, -0.05) is 12.1 Å². The molecule has 41 heavy (non-hydrogen) atoms. The molecule has 0 amide bonds. The van der Waals surface area contributed by atoms with Gasteiger partial charge < -0.3 is 19.3 Å². The lowest BCUT2D eigenvalue weighted by atomic mass is 10.0. The molecule has 1 saturated heterocycles. The quantitative estimate of drug-likeness (QED) is 0.205. The van der Waals surface area contributed by atoms with E-state index in [2.05, 4.69) is 15.4 Å². The number of rotatable bonds is 8. The Bertz CT molecular complexity index is 1290. The normalized spacial score (nSPS) is 19.9. The third-order valence-corrected chi connectivity index (χ3v) is 6.53. The molecule has 8 nitrogen and oxygen atoms in total. The monoisotopic (exact) mass is 591 g/mol. The number of alkyl halides is 6. The number of halogens is 7. The lowest BCUT2D eigenvalue weighted by molar-refractivity contribution is -0.854. The molecule has 2 aromatic carbocycles. The van der Waals surface area contributed by atoms with Crippen LogP contribution in [0.5, 0.6) is 0 Å². The highest BCUT2D eigenvalue weighted by atomic mass is 19.4. The average molecular weight is 592 g/mol. The fourth-order valence-electron chi connectivity index (χ4n) is 4.58. The summed E-state index contributed by atoms with van der Waals surface area (Å²) in [5.41, 5.74) is -1.87. The van der Waals surface area contributed by atoms with E-state index in [0.29, 0.717) is 35.6 Å². The summed E-state index contributed by atoms with van der Waals surface area (Å²) in [7, 11) is 2.88. The Kier molecular flexibility index (Phi) is 8.76. The molecule has 0 saturated carbocycles. The molecule has 4 rings (SSSR count). The van der Waals surface area contributed by atoms with E-state index in [-0.39, 0.29) is 31.3 Å². The van der Waals surface area contributed by atoms with Gasteiger partial charge in [-0.05, 0) is 48.4 Å². The van der Waals surface area contributed by atoms with E-state index in [0.717, 1.165) is 0 Å². The van der Waals surface area contributed by atoms with E-state index in [9.17, 15) is 35.9 Å². The molecular weight excluding hydrogens is 563 g/mol. The zero-order chi connectivity index (χ0) is 30.2. The molecule has 224 valence electrons. The van der Waals surface area contributed by atoms with Gasteiger partial charge in [0, 0.05) is 13.1 Å². The van der Waals surface area contributed by atoms with Crippen molar-refractivity contribution in [2.75, 3.05) is 27.2 Å². The molecule has 2 heterocycles. The number of nitrogens with zero attached hydrogens (tertiary/aromatic N) is 4. The second-order valence-electron chi connectivity index (χ2n) is 10.3. The summed E-state index contributed by atoms with van der Waals surface area (Å²) in [5, 5.41) is 23.0. The lowest BCUT2D eigenvalue weighted by Gasteiger charge is -2.42. The maximum atomic E-state index is 13.7. The summed E-state index contributed by atoms with van der Waals surface area (Å²) in [6.07, 6.45) is -12.5. The highest BCUT2D eigenvalue weighted by molar-refractivity contribution is 5.35. The summed E-state index contributed by atoms with van der Waals surface area (Å²) in [6, 6.07) is 5.89. The van der Waals surface area contributed by atoms with Gasteiger partial charge in [-0.2, -0.15) is 41.8 Å². The van der Waals surface area contributed by atoms with Gasteiger partial charge in [0.1, 0.15) is 23.7 Å². The van der Waals surface area contributed by atoms with Crippen LogP contribution in [0, 0.1) is 11.0 Å². The number of H-pyrrole nitrogens is 1. The van der Waals surface area contributed by atoms with Gasteiger partial charge in [-0.3, -0.25) is 4.90 Å². The molecule has 0 bridgehead atoms. The van der Waals surface area contributed by atoms with Gasteiger partial charge in [-0.25, -0.2) is 4.39 Å². The maximum absolute atomic E-state index is 13.7. The Labute approximate surface area is 230 Å². The number of hydrogen-bond donors (Lipinski definition) is 1. The van der Waals surface area contributed by atoms with Crippen LogP contribution in [0.2, 0.25) is 0 Å². The summed E-state index contributed by atoms with van der Waals surface area (Å²) < 4.78 is 106. The van der Waals surface area contributed by atoms with Crippen LogP contribution in [0.4, 0.5) is 30.7 Å². The molecular formula is C26H28F7N5O3. The van der Waals surface area contributed by atoms with Crippen molar-refractivity contribution in [3.8, 4) is 0 Å². The van der Waals surface area contributed by atoms with Crippen molar-refractivity contribution in [3.63, 3.8) is 0 Å². The minimum absolute atomic E-state index is 0.0193. The topological polar surface area (TPSA) is 86.3 Å². The zero-order valence-electron chi connectivity index (χ0n) is 22.3. The predicted octanol–water partition coefficient (Wildman–Crippen LogP) is 5.73. The Morgan fingerprint density at radius 2 is 1.61 bits per heavy atom. The highest BCUT2D eigenvalue weighted by Crippen LogP contribution is 2.40. The van der Waals surface area contributed by atoms with Gasteiger partial charge in [0.15, 0.2) is 6.29 Å². The van der Waals surface area contributed by atoms with Crippen molar-refractivity contribution in [3.05, 3.63) is 87.1 Å². The van der Waals surface area contributed by atoms with Crippen molar-refractivity contribution in [1.82, 2.24) is 20.3 Å². The maximum Gasteiger partial charge on any atom is 0.416 e. The van der Waals surface area contributed by atoms with Gasteiger partial charge >= 0.3 is 12.4 Å². The minimum atomic E-state index is -5.02. The van der Waals surface area contributed by atoms with Crippen molar-refractivity contribution < 1.29 is 44.9 Å². The molecule has 0 radical (unpaired) electrons. The van der Waals surface area contributed by atoms with Crippen LogP contribution in [-0.4, -0.2) is 58.5 Å². The smallest absolute Gasteiger partial charge is 0.416 e. The first-order valence-electron chi connectivity index (χ1n) is 12.5. The summed E-state index contributed by atoms with van der Waals surface area (Å²) in [4.78, 5) is 1.85. The lowest BCUT2D eigenvalue weighted by Crippen LogP contribution is -2.46. The largest absolute Gasteiger partial charge is 0.633 e. The highest BCUT2D eigenvalue weighted by Gasteiger charge is 2.39. The molecule has 3 aromatic rings. The van der Waals surface area contributed by atoms with Crippen molar-refractivity contribution >= 4 is 0 Å². The zero-order valence-corrected chi connectivity index (χ0v) is 22.3. The van der Waals surface area contributed by atoms with E-state index in [1.54, 1.807) is 0 Å². The fraction of sp³-hybridized carbons (Fsp3) is 0.462. The number of quaternary nitrogens is 1. The van der Waals surface area contributed by atoms with Crippen molar-refractivity contribution in [2.24, 2.45) is 0 Å². The molecule has 1 aliphatic rings. The summed E-state index contributed by atoms with van der Waals surface area (Å²) >= 11 is 0. The van der Waals surface area contributed by atoms with E-state index < -0.39 is 52.4 Å². The number of benzene rings is 2. The van der Waals surface area contributed by atoms with Crippen LogP contribution in [-0.2, 0) is 34.9 Å². The number of hydrogen-bond acceptors (Lipinski definition) is 6. The Morgan fingerprint density at radius 1 is 1.02 bits per heavy atom. The molecule has 1 fully saturated rings. The van der Waals surface area contributed by atoms with E-state index in [1.807, 2.05) is 4.90 Å². The molecule has 15 heteroatoms. The molecule has 0 spiro atoms. The average Bonchev–Trinajstić information content (AvgIpc) is 3.28. The Balaban J connectivity index is 1.66. The summed E-state index contributed by atoms with van der Waals surface area (Å²) in [5.74, 6) is -0.513. The van der Waals surface area contributed by atoms with Gasteiger partial charge in [-0.15, -0.1) is 0 Å². The van der Waals surface area contributed by atoms with E-state index in [1.165, 1.54) is 45.3 Å². The van der Waals surface area contributed by atoms with Crippen LogP contribution in [0.1, 0.15) is 52.7 Å². The van der Waals surface area contributed by atoms with E-state index >= 15 is 0 Å².